The first kappa shape index (κ1) is 10.1. The van der Waals surface area contributed by atoms with Gasteiger partial charge < -0.3 is 5.73 Å². The number of rotatable bonds is 2. The Bertz CT molecular complexity index is 299. The minimum Gasteiger partial charge on any atom is -0.326 e. The summed E-state index contributed by atoms with van der Waals surface area (Å²) < 4.78 is 0.888. The summed E-state index contributed by atoms with van der Waals surface area (Å²) in [6, 6.07) is 4.44. The zero-order valence-corrected chi connectivity index (χ0v) is 9.57. The van der Waals surface area contributed by atoms with E-state index in [0.29, 0.717) is 6.04 Å². The highest BCUT2D eigenvalue weighted by molar-refractivity contribution is 9.10. The van der Waals surface area contributed by atoms with E-state index in [1.165, 1.54) is 5.56 Å². The molecule has 2 rings (SSSR count). The van der Waals surface area contributed by atoms with Crippen LogP contribution >= 0.6 is 15.9 Å². The lowest BCUT2D eigenvalue weighted by molar-refractivity contribution is 0.326. The van der Waals surface area contributed by atoms with Crippen molar-refractivity contribution in [3.05, 3.63) is 28.5 Å². The van der Waals surface area contributed by atoms with Crippen LogP contribution in [0.1, 0.15) is 12.0 Å². The topological polar surface area (TPSA) is 42.1 Å². The fourth-order valence-corrected chi connectivity index (χ4v) is 2.00. The molecule has 0 amide bonds. The van der Waals surface area contributed by atoms with Gasteiger partial charge in [0, 0.05) is 31.9 Å². The molecule has 1 atom stereocenters. The fraction of sp³-hybridized carbons (Fsp3) is 0.500. The Kier molecular flexibility index (Phi) is 3.15. The number of halogens is 1. The van der Waals surface area contributed by atoms with Crippen LogP contribution in [0.25, 0.3) is 0 Å². The molecule has 2 heterocycles. The van der Waals surface area contributed by atoms with Crippen molar-refractivity contribution < 1.29 is 0 Å². The van der Waals surface area contributed by atoms with Crippen LogP contribution in [0.5, 0.6) is 0 Å². The average Bonchev–Trinajstić information content (AvgIpc) is 2.56. The van der Waals surface area contributed by atoms with Gasteiger partial charge in [0.25, 0.3) is 0 Å². The van der Waals surface area contributed by atoms with Gasteiger partial charge in [-0.2, -0.15) is 0 Å². The summed E-state index contributed by atoms with van der Waals surface area (Å²) in [4.78, 5) is 6.57. The van der Waals surface area contributed by atoms with Crippen molar-refractivity contribution in [1.82, 2.24) is 9.88 Å². The molecule has 1 aliphatic heterocycles. The predicted molar refractivity (Wildman–Crippen MR) is 59.8 cm³/mol. The first-order valence-electron chi connectivity index (χ1n) is 4.82. The lowest BCUT2D eigenvalue weighted by Gasteiger charge is -2.14. The molecule has 4 heteroatoms. The lowest BCUT2D eigenvalue weighted by Crippen LogP contribution is -2.26. The summed E-state index contributed by atoms with van der Waals surface area (Å²) in [5.74, 6) is 0. The third kappa shape index (κ3) is 2.53. The summed E-state index contributed by atoms with van der Waals surface area (Å²) in [7, 11) is 0. The number of hydrogen-bond acceptors (Lipinski definition) is 3. The molecular weight excluding hydrogens is 242 g/mol. The van der Waals surface area contributed by atoms with Gasteiger partial charge in [0.1, 0.15) is 4.60 Å². The quantitative estimate of drug-likeness (QED) is 0.813. The molecule has 0 bridgehead atoms. The van der Waals surface area contributed by atoms with Crippen LogP contribution in [0.2, 0.25) is 0 Å². The molecule has 76 valence electrons. The normalized spacial score (nSPS) is 22.9. The van der Waals surface area contributed by atoms with Gasteiger partial charge in [0.05, 0.1) is 0 Å². The average molecular weight is 256 g/mol. The smallest absolute Gasteiger partial charge is 0.106 e. The molecule has 1 saturated heterocycles. The second-order valence-corrected chi connectivity index (χ2v) is 4.59. The number of hydrogen-bond donors (Lipinski definition) is 1. The third-order valence-electron chi connectivity index (χ3n) is 2.50. The van der Waals surface area contributed by atoms with Gasteiger partial charge in [-0.25, -0.2) is 4.98 Å². The van der Waals surface area contributed by atoms with E-state index >= 15 is 0 Å². The maximum atomic E-state index is 5.84. The van der Waals surface area contributed by atoms with E-state index < -0.39 is 0 Å². The molecule has 1 aromatic rings. The zero-order chi connectivity index (χ0) is 9.97. The van der Waals surface area contributed by atoms with Gasteiger partial charge in [-0.15, -0.1) is 0 Å². The standard InChI is InChI=1S/C10H14BrN3/c11-10-2-1-8(5-13-10)6-14-4-3-9(12)7-14/h1-2,5,9H,3-4,6-7,12H2/t9-/m0/s1. The molecule has 0 aromatic carbocycles. The first-order valence-corrected chi connectivity index (χ1v) is 5.62. The monoisotopic (exact) mass is 255 g/mol. The second kappa shape index (κ2) is 4.38. The first-order chi connectivity index (χ1) is 6.74. The Morgan fingerprint density at radius 2 is 2.43 bits per heavy atom. The van der Waals surface area contributed by atoms with Gasteiger partial charge in [0.2, 0.25) is 0 Å². The van der Waals surface area contributed by atoms with Crippen LogP contribution in [0.3, 0.4) is 0 Å². The molecule has 1 aliphatic rings. The van der Waals surface area contributed by atoms with Crippen molar-refractivity contribution in [2.45, 2.75) is 19.0 Å². The van der Waals surface area contributed by atoms with Gasteiger partial charge >= 0.3 is 0 Å². The molecule has 0 radical (unpaired) electrons. The highest BCUT2D eigenvalue weighted by Crippen LogP contribution is 2.13. The van der Waals surface area contributed by atoms with E-state index in [4.69, 9.17) is 5.73 Å². The highest BCUT2D eigenvalue weighted by Gasteiger charge is 2.18. The molecule has 0 unspecified atom stereocenters. The van der Waals surface area contributed by atoms with E-state index in [1.54, 1.807) is 0 Å². The maximum Gasteiger partial charge on any atom is 0.106 e. The van der Waals surface area contributed by atoms with Crippen LogP contribution in [0.15, 0.2) is 22.9 Å². The number of nitrogens with two attached hydrogens (primary N) is 1. The van der Waals surface area contributed by atoms with E-state index in [9.17, 15) is 0 Å². The van der Waals surface area contributed by atoms with E-state index in [-0.39, 0.29) is 0 Å². The Hall–Kier alpha value is -0.450. The fourth-order valence-electron chi connectivity index (χ4n) is 1.76. The van der Waals surface area contributed by atoms with Gasteiger partial charge in [-0.3, -0.25) is 4.90 Å². The van der Waals surface area contributed by atoms with Crippen molar-refractivity contribution in [1.29, 1.82) is 0 Å². The van der Waals surface area contributed by atoms with Crippen LogP contribution < -0.4 is 5.73 Å². The van der Waals surface area contributed by atoms with Crippen molar-refractivity contribution in [3.63, 3.8) is 0 Å². The number of pyridine rings is 1. The third-order valence-corrected chi connectivity index (χ3v) is 2.97. The van der Waals surface area contributed by atoms with Gasteiger partial charge in [0.15, 0.2) is 0 Å². The van der Waals surface area contributed by atoms with E-state index in [1.807, 2.05) is 12.3 Å². The minimum absolute atomic E-state index is 0.360. The maximum absolute atomic E-state index is 5.84. The molecule has 0 aliphatic carbocycles. The Labute approximate surface area is 92.4 Å². The summed E-state index contributed by atoms with van der Waals surface area (Å²) >= 11 is 3.32. The van der Waals surface area contributed by atoms with Crippen LogP contribution in [-0.4, -0.2) is 29.0 Å². The van der Waals surface area contributed by atoms with Gasteiger partial charge in [-0.1, -0.05) is 6.07 Å². The van der Waals surface area contributed by atoms with Crippen molar-refractivity contribution in [2.24, 2.45) is 5.73 Å². The highest BCUT2D eigenvalue weighted by atomic mass is 79.9. The van der Waals surface area contributed by atoms with Crippen molar-refractivity contribution in [2.75, 3.05) is 13.1 Å². The second-order valence-electron chi connectivity index (χ2n) is 3.77. The van der Waals surface area contributed by atoms with Crippen molar-refractivity contribution in [3.8, 4) is 0 Å². The van der Waals surface area contributed by atoms with Crippen molar-refractivity contribution >= 4 is 15.9 Å². The summed E-state index contributed by atoms with van der Waals surface area (Å²) in [5, 5.41) is 0. The molecular formula is C10H14BrN3. The van der Waals surface area contributed by atoms with E-state index in [0.717, 1.165) is 30.7 Å². The number of likely N-dealkylation sites (tertiary alicyclic amines) is 1. The molecule has 0 saturated carbocycles. The number of nitrogens with zero attached hydrogens (tertiary/aromatic N) is 2. The van der Waals surface area contributed by atoms with Crippen LogP contribution in [0.4, 0.5) is 0 Å². The minimum atomic E-state index is 0.360. The molecule has 3 nitrogen and oxygen atoms in total. The van der Waals surface area contributed by atoms with Gasteiger partial charge in [-0.05, 0) is 34.0 Å². The molecule has 1 fully saturated rings. The largest absolute Gasteiger partial charge is 0.326 e. The zero-order valence-electron chi connectivity index (χ0n) is 7.99. The van der Waals surface area contributed by atoms with Crippen LogP contribution in [-0.2, 0) is 6.54 Å². The Morgan fingerprint density at radius 3 is 3.00 bits per heavy atom. The molecule has 2 N–H and O–H groups in total. The Morgan fingerprint density at radius 1 is 1.57 bits per heavy atom. The molecule has 1 aromatic heterocycles. The SMILES string of the molecule is N[C@H]1CCN(Cc2ccc(Br)nc2)C1. The molecule has 0 spiro atoms. The van der Waals surface area contributed by atoms with E-state index in [2.05, 4.69) is 31.9 Å². The molecule has 14 heavy (non-hydrogen) atoms. The van der Waals surface area contributed by atoms with Crippen LogP contribution in [0, 0.1) is 0 Å². The summed E-state index contributed by atoms with van der Waals surface area (Å²) in [5.41, 5.74) is 7.09. The lowest BCUT2D eigenvalue weighted by atomic mass is 10.3. The predicted octanol–water partition coefficient (Wildman–Crippen LogP) is 1.38. The Balaban J connectivity index is 1.94. The summed E-state index contributed by atoms with van der Waals surface area (Å²) in [6.45, 7) is 3.08. The number of aromatic nitrogens is 1. The summed E-state index contributed by atoms with van der Waals surface area (Å²) in [6.07, 6.45) is 3.03.